The minimum atomic E-state index is -2.87. The predicted molar refractivity (Wildman–Crippen MR) is 79.7 cm³/mol. The van der Waals surface area contributed by atoms with Gasteiger partial charge in [-0.3, -0.25) is 4.79 Å². The summed E-state index contributed by atoms with van der Waals surface area (Å²) in [7, 11) is 0. The third-order valence-electron chi connectivity index (χ3n) is 3.24. The van der Waals surface area contributed by atoms with Crippen molar-refractivity contribution in [1.29, 1.82) is 0 Å². The van der Waals surface area contributed by atoms with Gasteiger partial charge in [0, 0.05) is 0 Å². The van der Waals surface area contributed by atoms with E-state index in [2.05, 4.69) is 10.1 Å². The second-order valence-electron chi connectivity index (χ2n) is 5.04. The zero-order valence-corrected chi connectivity index (χ0v) is 12.4. The molecule has 0 fully saturated rings. The number of halogens is 3. The molecule has 0 spiro atoms. The normalized spacial score (nSPS) is 12.0. The molecular weight excluding hydrogens is 307 g/mol. The number of carbonyl (C=O) groups is 1. The molecule has 0 aliphatic heterocycles. The van der Waals surface area contributed by atoms with E-state index in [9.17, 15) is 18.0 Å². The molecule has 0 aromatic heterocycles. The number of ether oxygens (including phenoxy) is 1. The van der Waals surface area contributed by atoms with Crippen LogP contribution in [0, 0.1) is 5.82 Å². The van der Waals surface area contributed by atoms with Crippen LogP contribution in [0.15, 0.2) is 48.5 Å². The fourth-order valence-electron chi connectivity index (χ4n) is 2.15. The predicted octanol–water partition coefficient (Wildman–Crippen LogP) is 3.85. The first kappa shape index (κ1) is 16.9. The van der Waals surface area contributed by atoms with Crippen LogP contribution in [0.5, 0.6) is 5.75 Å². The Morgan fingerprint density at radius 1 is 1.17 bits per heavy atom. The molecule has 2 aromatic rings. The van der Waals surface area contributed by atoms with Crippen molar-refractivity contribution < 1.29 is 22.7 Å². The highest BCUT2D eigenvalue weighted by atomic mass is 19.3. The minimum absolute atomic E-state index is 0.0574. The maximum Gasteiger partial charge on any atom is 0.387 e. The molecule has 0 aliphatic carbocycles. The van der Waals surface area contributed by atoms with Gasteiger partial charge in [0.2, 0.25) is 5.91 Å². The molecule has 2 rings (SSSR count). The van der Waals surface area contributed by atoms with E-state index in [0.29, 0.717) is 5.56 Å². The van der Waals surface area contributed by atoms with Gasteiger partial charge in [-0.1, -0.05) is 24.3 Å². The van der Waals surface area contributed by atoms with Crippen molar-refractivity contribution in [3.05, 3.63) is 65.5 Å². The van der Waals surface area contributed by atoms with E-state index >= 15 is 0 Å². The minimum Gasteiger partial charge on any atom is -0.435 e. The van der Waals surface area contributed by atoms with Crippen molar-refractivity contribution in [1.82, 2.24) is 5.32 Å². The fourth-order valence-corrected chi connectivity index (χ4v) is 2.15. The van der Waals surface area contributed by atoms with Crippen LogP contribution in [0.25, 0.3) is 0 Å². The third-order valence-corrected chi connectivity index (χ3v) is 3.24. The summed E-state index contributed by atoms with van der Waals surface area (Å²) in [5, 5.41) is 2.77. The number of hydrogen-bond acceptors (Lipinski definition) is 2. The molecule has 1 atom stereocenters. The third kappa shape index (κ3) is 5.32. The zero-order chi connectivity index (χ0) is 16.8. The molecule has 2 aromatic carbocycles. The molecule has 6 heteroatoms. The van der Waals surface area contributed by atoms with E-state index in [0.717, 1.165) is 5.56 Å². The van der Waals surface area contributed by atoms with Crippen LogP contribution in [0.3, 0.4) is 0 Å². The molecule has 23 heavy (non-hydrogen) atoms. The van der Waals surface area contributed by atoms with Gasteiger partial charge < -0.3 is 10.1 Å². The largest absolute Gasteiger partial charge is 0.435 e. The Labute approximate surface area is 132 Å². The number of benzene rings is 2. The van der Waals surface area contributed by atoms with Gasteiger partial charge >= 0.3 is 6.61 Å². The standard InChI is InChI=1S/C17H16F3NO2/c1-11(13-5-7-15(8-6-13)23-17(19)20)21-16(22)10-12-3-2-4-14(18)9-12/h2-9,11,17H,10H2,1H3,(H,21,22). The Bertz CT molecular complexity index is 659. The van der Waals surface area contributed by atoms with Gasteiger partial charge in [0.25, 0.3) is 0 Å². The average molecular weight is 323 g/mol. The molecule has 0 aliphatic rings. The molecule has 0 bridgehead atoms. The Morgan fingerprint density at radius 2 is 1.87 bits per heavy atom. The summed E-state index contributed by atoms with van der Waals surface area (Å²) in [6, 6.07) is 11.6. The molecule has 1 N–H and O–H groups in total. The Morgan fingerprint density at radius 3 is 2.48 bits per heavy atom. The second-order valence-corrected chi connectivity index (χ2v) is 5.04. The molecule has 1 amide bonds. The summed E-state index contributed by atoms with van der Waals surface area (Å²) in [6.45, 7) is -1.10. The monoisotopic (exact) mass is 323 g/mol. The lowest BCUT2D eigenvalue weighted by Crippen LogP contribution is -2.28. The number of nitrogens with one attached hydrogen (secondary N) is 1. The van der Waals surface area contributed by atoms with Crippen molar-refractivity contribution in [2.24, 2.45) is 0 Å². The zero-order valence-electron chi connectivity index (χ0n) is 12.4. The van der Waals surface area contributed by atoms with Crippen LogP contribution in [0.2, 0.25) is 0 Å². The van der Waals surface area contributed by atoms with E-state index in [4.69, 9.17) is 0 Å². The van der Waals surface area contributed by atoms with Crippen molar-refractivity contribution >= 4 is 5.91 Å². The molecule has 0 saturated heterocycles. The van der Waals surface area contributed by atoms with E-state index in [1.54, 1.807) is 31.2 Å². The number of carbonyl (C=O) groups excluding carboxylic acids is 1. The van der Waals surface area contributed by atoms with Gasteiger partial charge in [0.05, 0.1) is 12.5 Å². The van der Waals surface area contributed by atoms with E-state index in [1.807, 2.05) is 0 Å². The average Bonchev–Trinajstić information content (AvgIpc) is 2.47. The maximum absolute atomic E-state index is 13.1. The molecule has 0 saturated carbocycles. The number of hydrogen-bond donors (Lipinski definition) is 1. The summed E-state index contributed by atoms with van der Waals surface area (Å²) in [5.41, 5.74) is 1.33. The first-order valence-corrected chi connectivity index (χ1v) is 7.02. The highest BCUT2D eigenvalue weighted by Crippen LogP contribution is 2.19. The maximum atomic E-state index is 13.1. The lowest BCUT2D eigenvalue weighted by Gasteiger charge is -2.15. The number of alkyl halides is 2. The first-order valence-electron chi connectivity index (χ1n) is 7.02. The molecule has 122 valence electrons. The van der Waals surface area contributed by atoms with Gasteiger partial charge in [0.15, 0.2) is 0 Å². The number of rotatable bonds is 6. The van der Waals surface area contributed by atoms with Crippen LogP contribution in [-0.2, 0) is 11.2 Å². The van der Waals surface area contributed by atoms with Gasteiger partial charge in [-0.2, -0.15) is 8.78 Å². The summed E-state index contributed by atoms with van der Waals surface area (Å²) < 4.78 is 41.5. The van der Waals surface area contributed by atoms with Crippen LogP contribution in [0.1, 0.15) is 24.1 Å². The molecule has 0 radical (unpaired) electrons. The van der Waals surface area contributed by atoms with Crippen LogP contribution >= 0.6 is 0 Å². The highest BCUT2D eigenvalue weighted by molar-refractivity contribution is 5.79. The SMILES string of the molecule is CC(NC(=O)Cc1cccc(F)c1)c1ccc(OC(F)F)cc1. The Hall–Kier alpha value is -2.50. The van der Waals surface area contributed by atoms with Crippen LogP contribution in [-0.4, -0.2) is 12.5 Å². The summed E-state index contributed by atoms with van der Waals surface area (Å²) in [6.07, 6.45) is 0.0642. The quantitative estimate of drug-likeness (QED) is 0.877. The van der Waals surface area contributed by atoms with Gasteiger partial charge in [-0.05, 0) is 42.3 Å². The molecule has 3 nitrogen and oxygen atoms in total. The van der Waals surface area contributed by atoms with Crippen molar-refractivity contribution in [3.8, 4) is 5.75 Å². The van der Waals surface area contributed by atoms with E-state index in [-0.39, 0.29) is 24.1 Å². The first-order chi connectivity index (χ1) is 10.9. The highest BCUT2D eigenvalue weighted by Gasteiger charge is 2.11. The van der Waals surface area contributed by atoms with Crippen molar-refractivity contribution in [2.45, 2.75) is 26.0 Å². The Kier molecular flexibility index (Phi) is 5.62. The van der Waals surface area contributed by atoms with Crippen LogP contribution < -0.4 is 10.1 Å². The fraction of sp³-hybridized carbons (Fsp3) is 0.235. The lowest BCUT2D eigenvalue weighted by atomic mass is 10.1. The van der Waals surface area contributed by atoms with Gasteiger partial charge in [0.1, 0.15) is 11.6 Å². The smallest absolute Gasteiger partial charge is 0.387 e. The summed E-state index contributed by atoms with van der Waals surface area (Å²) in [4.78, 5) is 12.0. The van der Waals surface area contributed by atoms with Crippen molar-refractivity contribution in [3.63, 3.8) is 0 Å². The van der Waals surface area contributed by atoms with Gasteiger partial charge in [-0.25, -0.2) is 4.39 Å². The van der Waals surface area contributed by atoms with E-state index in [1.165, 1.54) is 24.3 Å². The summed E-state index contributed by atoms with van der Waals surface area (Å²) >= 11 is 0. The summed E-state index contributed by atoms with van der Waals surface area (Å²) in [5.74, 6) is -0.587. The molecule has 1 unspecified atom stereocenters. The second kappa shape index (κ2) is 7.67. The topological polar surface area (TPSA) is 38.3 Å². The van der Waals surface area contributed by atoms with Crippen molar-refractivity contribution in [2.75, 3.05) is 0 Å². The molecule has 0 heterocycles. The van der Waals surface area contributed by atoms with E-state index < -0.39 is 12.4 Å². The van der Waals surface area contributed by atoms with Crippen LogP contribution in [0.4, 0.5) is 13.2 Å². The number of amides is 1. The Balaban J connectivity index is 1.92. The van der Waals surface area contributed by atoms with Gasteiger partial charge in [-0.15, -0.1) is 0 Å². The lowest BCUT2D eigenvalue weighted by molar-refractivity contribution is -0.121. The molecular formula is C17H16F3NO2.